The molecule has 2 aromatic carbocycles. The summed E-state index contributed by atoms with van der Waals surface area (Å²) in [5.41, 5.74) is 4.93. The summed E-state index contributed by atoms with van der Waals surface area (Å²) in [6.45, 7) is 1.85. The number of fused-ring (bicyclic) bond motifs is 1. The highest BCUT2D eigenvalue weighted by molar-refractivity contribution is 5.84. The van der Waals surface area contributed by atoms with Gasteiger partial charge in [0.05, 0.1) is 31.2 Å². The lowest BCUT2D eigenvalue weighted by molar-refractivity contribution is 0.00720. The van der Waals surface area contributed by atoms with Crippen LogP contribution in [-0.4, -0.2) is 93.5 Å². The molecule has 8 rings (SSSR count). The largest absolute Gasteiger partial charge is 0.392 e. The third-order valence-electron chi connectivity index (χ3n) is 10.5. The van der Waals surface area contributed by atoms with E-state index in [0.29, 0.717) is 67.5 Å². The SMILES string of the molecule is O=C(NCc1ccncc1)N[C@@H]1CCN(c2nc(NCC(c3ccccc3)c3ccccc3)c3ncn([C@@H]4C[C@H](n5cc(CO)cn5)[C@@H](O)[C@H]4O)c3n2)C1. The molecule has 2 aliphatic rings. The number of urea groups is 1. The topological polar surface area (TPSA) is 191 Å². The van der Waals surface area contributed by atoms with Gasteiger partial charge in [-0.15, -0.1) is 0 Å². The summed E-state index contributed by atoms with van der Waals surface area (Å²) in [6.07, 6.45) is 7.10. The van der Waals surface area contributed by atoms with Crippen molar-refractivity contribution in [3.05, 3.63) is 126 Å². The van der Waals surface area contributed by atoms with Crippen molar-refractivity contribution in [2.75, 3.05) is 29.9 Å². The molecule has 0 spiro atoms. The molecule has 0 unspecified atom stereocenters. The zero-order chi connectivity index (χ0) is 37.0. The van der Waals surface area contributed by atoms with Crippen molar-refractivity contribution in [2.45, 2.75) is 62.2 Å². The molecule has 6 aromatic rings. The molecule has 5 heterocycles. The molecule has 0 bridgehead atoms. The molecule has 1 aliphatic carbocycles. The number of nitrogens with zero attached hydrogens (tertiary/aromatic N) is 8. The second kappa shape index (κ2) is 15.6. The average Bonchev–Trinajstić information content (AvgIpc) is 4.03. The molecule has 6 N–H and O–H groups in total. The van der Waals surface area contributed by atoms with Crippen LogP contribution < -0.4 is 20.9 Å². The first-order valence-corrected chi connectivity index (χ1v) is 18.2. The van der Waals surface area contributed by atoms with Gasteiger partial charge in [0.1, 0.15) is 12.2 Å². The molecular formula is C39H43N11O4. The lowest BCUT2D eigenvalue weighted by atomic mass is 9.91. The molecule has 4 aromatic heterocycles. The number of hydrogen-bond acceptors (Lipinski definition) is 11. The molecule has 278 valence electrons. The zero-order valence-electron chi connectivity index (χ0n) is 29.6. The summed E-state index contributed by atoms with van der Waals surface area (Å²) in [5, 5.41) is 46.1. The lowest BCUT2D eigenvalue weighted by Crippen LogP contribution is -2.43. The van der Waals surface area contributed by atoms with Gasteiger partial charge in [-0.3, -0.25) is 9.67 Å². The Bertz CT molecular complexity index is 2130. The minimum atomic E-state index is -1.13. The van der Waals surface area contributed by atoms with E-state index in [2.05, 4.69) is 50.3 Å². The molecule has 1 saturated heterocycles. The molecular weight excluding hydrogens is 687 g/mol. The first kappa shape index (κ1) is 35.1. The van der Waals surface area contributed by atoms with E-state index in [0.717, 1.165) is 16.7 Å². The van der Waals surface area contributed by atoms with Gasteiger partial charge >= 0.3 is 6.03 Å². The molecule has 5 atom stereocenters. The number of imidazole rings is 1. The Morgan fingerprint density at radius 3 is 2.33 bits per heavy atom. The van der Waals surface area contributed by atoms with Gasteiger partial charge in [-0.25, -0.2) is 9.78 Å². The predicted octanol–water partition coefficient (Wildman–Crippen LogP) is 3.14. The minimum Gasteiger partial charge on any atom is -0.392 e. The van der Waals surface area contributed by atoms with Crippen molar-refractivity contribution >= 4 is 29.0 Å². The fourth-order valence-electron chi connectivity index (χ4n) is 7.55. The number of aliphatic hydroxyl groups is 3. The van der Waals surface area contributed by atoms with Gasteiger partial charge in [-0.05, 0) is 41.7 Å². The smallest absolute Gasteiger partial charge is 0.315 e. The first-order chi connectivity index (χ1) is 26.4. The summed E-state index contributed by atoms with van der Waals surface area (Å²) >= 11 is 0. The number of carbonyl (C=O) groups is 1. The Kier molecular flexibility index (Phi) is 10.2. The summed E-state index contributed by atoms with van der Waals surface area (Å²) in [6, 6.07) is 22.9. The normalized spacial score (nSPS) is 21.2. The number of nitrogens with one attached hydrogen (secondary N) is 3. The number of amides is 2. The second-order valence-electron chi connectivity index (χ2n) is 13.9. The number of rotatable bonds is 12. The van der Waals surface area contributed by atoms with E-state index < -0.39 is 24.3 Å². The Hall–Kier alpha value is -5.90. The fourth-order valence-corrected chi connectivity index (χ4v) is 7.55. The van der Waals surface area contributed by atoms with E-state index in [1.54, 1.807) is 35.8 Å². The number of anilines is 2. The molecule has 1 aliphatic heterocycles. The highest BCUT2D eigenvalue weighted by atomic mass is 16.3. The van der Waals surface area contributed by atoms with Crippen LogP contribution in [0.1, 0.15) is 53.1 Å². The Morgan fingerprint density at radius 1 is 0.907 bits per heavy atom. The fraction of sp³-hybridized carbons (Fsp3) is 0.333. The summed E-state index contributed by atoms with van der Waals surface area (Å²) in [4.78, 5) is 33.7. The third-order valence-corrected chi connectivity index (χ3v) is 10.5. The van der Waals surface area contributed by atoms with Gasteiger partial charge in [0.25, 0.3) is 0 Å². The maximum atomic E-state index is 12.8. The highest BCUT2D eigenvalue weighted by Gasteiger charge is 2.44. The van der Waals surface area contributed by atoms with Crippen molar-refractivity contribution in [3.63, 3.8) is 0 Å². The number of benzene rings is 2. The van der Waals surface area contributed by atoms with E-state index in [1.165, 1.54) is 0 Å². The number of aliphatic hydroxyl groups excluding tert-OH is 3. The van der Waals surface area contributed by atoms with E-state index in [9.17, 15) is 20.1 Å². The van der Waals surface area contributed by atoms with Crippen molar-refractivity contribution in [3.8, 4) is 0 Å². The monoisotopic (exact) mass is 729 g/mol. The van der Waals surface area contributed by atoms with Gasteiger partial charge in [0.15, 0.2) is 17.0 Å². The van der Waals surface area contributed by atoms with Gasteiger partial charge in [-0.2, -0.15) is 15.1 Å². The maximum absolute atomic E-state index is 12.8. The summed E-state index contributed by atoms with van der Waals surface area (Å²) in [7, 11) is 0. The van der Waals surface area contributed by atoms with Crippen LogP contribution in [0.5, 0.6) is 0 Å². The molecule has 0 radical (unpaired) electrons. The second-order valence-corrected chi connectivity index (χ2v) is 13.9. The van der Waals surface area contributed by atoms with Crippen LogP contribution in [0.2, 0.25) is 0 Å². The van der Waals surface area contributed by atoms with Crippen molar-refractivity contribution in [1.29, 1.82) is 0 Å². The summed E-state index contributed by atoms with van der Waals surface area (Å²) < 4.78 is 3.42. The van der Waals surface area contributed by atoms with E-state index in [4.69, 9.17) is 15.0 Å². The van der Waals surface area contributed by atoms with Crippen molar-refractivity contribution in [2.24, 2.45) is 0 Å². The Morgan fingerprint density at radius 2 is 1.63 bits per heavy atom. The van der Waals surface area contributed by atoms with Gasteiger partial charge < -0.3 is 40.7 Å². The average molecular weight is 730 g/mol. The van der Waals surface area contributed by atoms with Crippen molar-refractivity contribution in [1.82, 2.24) is 44.9 Å². The molecule has 2 amide bonds. The van der Waals surface area contributed by atoms with Crippen LogP contribution in [0.15, 0.2) is 104 Å². The van der Waals surface area contributed by atoms with Crippen LogP contribution in [0.25, 0.3) is 11.2 Å². The molecule has 54 heavy (non-hydrogen) atoms. The van der Waals surface area contributed by atoms with Gasteiger partial charge in [-0.1, -0.05) is 60.7 Å². The predicted molar refractivity (Wildman–Crippen MR) is 202 cm³/mol. The third kappa shape index (κ3) is 7.33. The standard InChI is InChI=1S/C39H43N11O4/c51-23-26-19-44-50(21-26)32-17-31(34(52)35(32)53)49-24-43-33-36(41-20-30(27-7-3-1-4-8-27)28-9-5-2-6-10-28)46-38(47-37(33)49)48-16-13-29(22-48)45-39(54)42-18-25-11-14-40-15-12-25/h1-12,14-15,19,21,24,29-32,34-35,51-53H,13,16-18,20,22-23H2,(H,41,46,47)(H2,42,45,54)/t29-,31-,32+,34+,35-/m1/s1. The summed E-state index contributed by atoms with van der Waals surface area (Å²) in [5.74, 6) is 1.02. The lowest BCUT2D eigenvalue weighted by Gasteiger charge is -2.22. The van der Waals surface area contributed by atoms with Crippen LogP contribution in [-0.2, 0) is 13.2 Å². The number of pyridine rings is 1. The van der Waals surface area contributed by atoms with Crippen LogP contribution in [0, 0.1) is 0 Å². The van der Waals surface area contributed by atoms with Crippen molar-refractivity contribution < 1.29 is 20.1 Å². The van der Waals surface area contributed by atoms with Gasteiger partial charge in [0, 0.05) is 62.3 Å². The minimum absolute atomic E-state index is 0.0134. The van der Waals surface area contributed by atoms with E-state index in [1.807, 2.05) is 58.0 Å². The van der Waals surface area contributed by atoms with Crippen LogP contribution in [0.3, 0.4) is 0 Å². The maximum Gasteiger partial charge on any atom is 0.315 e. The van der Waals surface area contributed by atoms with E-state index >= 15 is 0 Å². The van der Waals surface area contributed by atoms with Gasteiger partial charge in [0.2, 0.25) is 5.95 Å². The molecule has 15 heteroatoms. The first-order valence-electron chi connectivity index (χ1n) is 18.2. The number of hydrogen-bond donors (Lipinski definition) is 6. The quantitative estimate of drug-likeness (QED) is 0.109. The Labute approximate surface area is 311 Å². The zero-order valence-corrected chi connectivity index (χ0v) is 29.6. The van der Waals surface area contributed by atoms with Crippen LogP contribution in [0.4, 0.5) is 16.6 Å². The Balaban J connectivity index is 1.08. The van der Waals surface area contributed by atoms with E-state index in [-0.39, 0.29) is 24.6 Å². The number of carbonyl (C=O) groups excluding carboxylic acids is 1. The number of aromatic nitrogens is 7. The molecule has 1 saturated carbocycles. The molecule has 2 fully saturated rings. The van der Waals surface area contributed by atoms with Crippen LogP contribution >= 0.6 is 0 Å². The molecule has 15 nitrogen and oxygen atoms in total. The highest BCUT2D eigenvalue weighted by Crippen LogP contribution is 2.40.